The maximum Gasteiger partial charge on any atom is 0.230 e. The summed E-state index contributed by atoms with van der Waals surface area (Å²) in [7, 11) is 0. The summed E-state index contributed by atoms with van der Waals surface area (Å²) >= 11 is 0. The summed E-state index contributed by atoms with van der Waals surface area (Å²) in [5.74, 6) is -0.371. The van der Waals surface area contributed by atoms with Gasteiger partial charge in [-0.1, -0.05) is 6.07 Å². The Hall–Kier alpha value is -3.67. The molecule has 1 saturated heterocycles. The van der Waals surface area contributed by atoms with Crippen molar-refractivity contribution in [3.05, 3.63) is 83.4 Å². The van der Waals surface area contributed by atoms with Crippen molar-refractivity contribution in [2.75, 3.05) is 23.3 Å². The number of piperidine rings is 1. The van der Waals surface area contributed by atoms with E-state index in [1.807, 2.05) is 41.8 Å². The number of aryl methyl sites for hydroxylation is 2. The third-order valence-electron chi connectivity index (χ3n) is 6.50. The van der Waals surface area contributed by atoms with Gasteiger partial charge in [-0.25, -0.2) is 9.37 Å². The van der Waals surface area contributed by atoms with Crippen LogP contribution < -0.4 is 10.2 Å². The fraction of sp³-hybridized carbons (Fsp3) is 0.286. The maximum atomic E-state index is 13.9. The number of rotatable bonds is 5. The number of fused-ring (bicyclic) bond motifs is 1. The number of carbonyl (C=O) groups is 1. The molecule has 0 aliphatic carbocycles. The zero-order valence-corrected chi connectivity index (χ0v) is 19.6. The van der Waals surface area contributed by atoms with Crippen LogP contribution in [0.15, 0.2) is 60.8 Å². The van der Waals surface area contributed by atoms with E-state index in [9.17, 15) is 9.18 Å². The van der Waals surface area contributed by atoms with Crippen LogP contribution in [-0.2, 0) is 11.2 Å². The van der Waals surface area contributed by atoms with Crippen LogP contribution in [0.4, 0.5) is 15.8 Å². The number of hydrogen-bond acceptors (Lipinski definition) is 3. The molecule has 1 fully saturated rings. The summed E-state index contributed by atoms with van der Waals surface area (Å²) in [6.07, 6.45) is 5.90. The molecule has 0 bridgehead atoms. The van der Waals surface area contributed by atoms with Gasteiger partial charge in [-0.2, -0.15) is 0 Å². The minimum Gasteiger partial charge on any atom is -0.372 e. The Morgan fingerprint density at radius 1 is 1.00 bits per heavy atom. The molecule has 5 nitrogen and oxygen atoms in total. The second-order valence-corrected chi connectivity index (χ2v) is 9.13. The first-order valence-electron chi connectivity index (χ1n) is 11.9. The quantitative estimate of drug-likeness (QED) is 0.405. The first-order valence-corrected chi connectivity index (χ1v) is 11.9. The van der Waals surface area contributed by atoms with Gasteiger partial charge in [0, 0.05) is 36.2 Å². The maximum absolute atomic E-state index is 13.9. The molecule has 0 radical (unpaired) electrons. The molecule has 5 rings (SSSR count). The largest absolute Gasteiger partial charge is 0.372 e. The Balaban J connectivity index is 1.40. The van der Waals surface area contributed by atoms with Gasteiger partial charge >= 0.3 is 0 Å². The van der Waals surface area contributed by atoms with Crippen LogP contribution in [0.25, 0.3) is 16.9 Å². The summed E-state index contributed by atoms with van der Waals surface area (Å²) in [6.45, 7) is 5.92. The smallest absolute Gasteiger partial charge is 0.230 e. The molecule has 3 heterocycles. The zero-order valence-electron chi connectivity index (χ0n) is 19.6. The topological polar surface area (TPSA) is 49.6 Å². The predicted molar refractivity (Wildman–Crippen MR) is 135 cm³/mol. The summed E-state index contributed by atoms with van der Waals surface area (Å²) in [5.41, 5.74) is 6.64. The Morgan fingerprint density at radius 3 is 2.50 bits per heavy atom. The van der Waals surface area contributed by atoms with Crippen LogP contribution in [-0.4, -0.2) is 28.4 Å². The molecular weight excluding hydrogens is 427 g/mol. The third kappa shape index (κ3) is 4.53. The van der Waals surface area contributed by atoms with Gasteiger partial charge in [0.1, 0.15) is 11.5 Å². The molecule has 6 heteroatoms. The van der Waals surface area contributed by atoms with Gasteiger partial charge in [-0.05, 0) is 92.8 Å². The first-order chi connectivity index (χ1) is 16.5. The molecule has 174 valence electrons. The molecule has 2 aromatic carbocycles. The van der Waals surface area contributed by atoms with E-state index in [4.69, 9.17) is 4.98 Å². The fourth-order valence-electron chi connectivity index (χ4n) is 4.66. The number of aromatic nitrogens is 2. The predicted octanol–water partition coefficient (Wildman–Crippen LogP) is 5.93. The van der Waals surface area contributed by atoms with E-state index in [2.05, 4.69) is 22.3 Å². The van der Waals surface area contributed by atoms with Crippen LogP contribution in [0.2, 0.25) is 0 Å². The number of benzene rings is 2. The molecular formula is C28H29FN4O. The summed E-state index contributed by atoms with van der Waals surface area (Å²) < 4.78 is 15.8. The molecule has 4 aromatic rings. The summed E-state index contributed by atoms with van der Waals surface area (Å²) in [4.78, 5) is 20.2. The molecule has 1 aliphatic heterocycles. The van der Waals surface area contributed by atoms with Crippen molar-refractivity contribution in [2.45, 2.75) is 39.5 Å². The highest BCUT2D eigenvalue weighted by Crippen LogP contribution is 2.28. The SMILES string of the molecule is Cc1ccc2nc(-c3ccc(F)c(C)c3)c(CC(=O)Nc3ccc(N4CCCCC4)cc3)n2c1. The van der Waals surface area contributed by atoms with Gasteiger partial charge in [0.2, 0.25) is 5.91 Å². The lowest BCUT2D eigenvalue weighted by molar-refractivity contribution is -0.115. The van der Waals surface area contributed by atoms with E-state index in [1.165, 1.54) is 31.0 Å². The van der Waals surface area contributed by atoms with E-state index in [1.54, 1.807) is 19.1 Å². The number of halogens is 1. The molecule has 1 N–H and O–H groups in total. The Kier molecular flexibility index (Phi) is 6.05. The van der Waals surface area contributed by atoms with Crippen LogP contribution >= 0.6 is 0 Å². The normalized spacial score (nSPS) is 13.9. The average molecular weight is 457 g/mol. The highest BCUT2D eigenvalue weighted by Gasteiger charge is 2.18. The van der Waals surface area contributed by atoms with Crippen molar-refractivity contribution in [2.24, 2.45) is 0 Å². The minimum absolute atomic E-state index is 0.117. The molecule has 0 atom stereocenters. The Morgan fingerprint density at radius 2 is 1.76 bits per heavy atom. The third-order valence-corrected chi connectivity index (χ3v) is 6.50. The second-order valence-electron chi connectivity index (χ2n) is 9.13. The Bertz CT molecular complexity index is 1340. The summed E-state index contributed by atoms with van der Waals surface area (Å²) in [5, 5.41) is 3.03. The van der Waals surface area contributed by atoms with Gasteiger partial charge in [-0.3, -0.25) is 4.79 Å². The number of pyridine rings is 1. The molecule has 0 saturated carbocycles. The van der Waals surface area contributed by atoms with Crippen LogP contribution in [0, 0.1) is 19.7 Å². The number of anilines is 2. The fourth-order valence-corrected chi connectivity index (χ4v) is 4.66. The van der Waals surface area contributed by atoms with Gasteiger partial charge in [-0.15, -0.1) is 0 Å². The zero-order chi connectivity index (χ0) is 23.7. The van der Waals surface area contributed by atoms with Gasteiger partial charge < -0.3 is 14.6 Å². The lowest BCUT2D eigenvalue weighted by Crippen LogP contribution is -2.29. The van der Waals surface area contributed by atoms with Gasteiger partial charge in [0.15, 0.2) is 0 Å². The minimum atomic E-state index is -0.254. The van der Waals surface area contributed by atoms with Crippen LogP contribution in [0.5, 0.6) is 0 Å². The molecule has 34 heavy (non-hydrogen) atoms. The van der Waals surface area contributed by atoms with E-state index in [-0.39, 0.29) is 18.1 Å². The van der Waals surface area contributed by atoms with Crippen molar-refractivity contribution in [3.8, 4) is 11.3 Å². The van der Waals surface area contributed by atoms with Crippen LogP contribution in [0.3, 0.4) is 0 Å². The molecule has 1 aliphatic rings. The second kappa shape index (κ2) is 9.29. The van der Waals surface area contributed by atoms with E-state index < -0.39 is 0 Å². The summed E-state index contributed by atoms with van der Waals surface area (Å²) in [6, 6.07) is 17.0. The van der Waals surface area contributed by atoms with Crippen molar-refractivity contribution in [1.29, 1.82) is 0 Å². The number of nitrogens with one attached hydrogen (secondary N) is 1. The number of carbonyl (C=O) groups excluding carboxylic acids is 1. The van der Waals surface area contributed by atoms with Crippen molar-refractivity contribution >= 4 is 22.9 Å². The van der Waals surface area contributed by atoms with Gasteiger partial charge in [0.25, 0.3) is 0 Å². The first kappa shape index (κ1) is 22.1. The number of amides is 1. The standard InChI is InChI=1S/C28H29FN4O/c1-19-6-13-26-31-28(21-7-12-24(29)20(2)16-21)25(33(26)18-19)17-27(34)30-22-8-10-23(11-9-22)32-14-4-3-5-15-32/h6-13,16,18H,3-5,14-15,17H2,1-2H3,(H,30,34). The molecule has 2 aromatic heterocycles. The molecule has 1 amide bonds. The van der Waals surface area contributed by atoms with Crippen molar-refractivity contribution in [1.82, 2.24) is 9.38 Å². The molecule has 0 spiro atoms. The molecule has 0 unspecified atom stereocenters. The van der Waals surface area contributed by atoms with E-state index in [0.29, 0.717) is 11.3 Å². The van der Waals surface area contributed by atoms with Crippen molar-refractivity contribution < 1.29 is 9.18 Å². The lowest BCUT2D eigenvalue weighted by atomic mass is 10.1. The highest BCUT2D eigenvalue weighted by atomic mass is 19.1. The van der Waals surface area contributed by atoms with Gasteiger partial charge in [0.05, 0.1) is 17.8 Å². The Labute approximate surface area is 199 Å². The lowest BCUT2D eigenvalue weighted by Gasteiger charge is -2.28. The van der Waals surface area contributed by atoms with E-state index >= 15 is 0 Å². The number of nitrogens with zero attached hydrogens (tertiary/aromatic N) is 3. The van der Waals surface area contributed by atoms with E-state index in [0.717, 1.165) is 41.2 Å². The number of hydrogen-bond donors (Lipinski definition) is 1. The number of imidazole rings is 1. The average Bonchev–Trinajstić information content (AvgIpc) is 3.19. The monoisotopic (exact) mass is 456 g/mol. The van der Waals surface area contributed by atoms with Crippen molar-refractivity contribution in [3.63, 3.8) is 0 Å². The van der Waals surface area contributed by atoms with Crippen LogP contribution in [0.1, 0.15) is 36.1 Å². The highest BCUT2D eigenvalue weighted by molar-refractivity contribution is 5.93.